The smallest absolute Gasteiger partial charge is 0.233 e. The first-order valence-electron chi connectivity index (χ1n) is 7.49. The Morgan fingerprint density at radius 2 is 1.80 bits per heavy atom. The maximum atomic E-state index is 11.4. The summed E-state index contributed by atoms with van der Waals surface area (Å²) in [4.78, 5) is 0. The van der Waals surface area contributed by atoms with E-state index in [1.54, 1.807) is 7.11 Å². The van der Waals surface area contributed by atoms with Crippen molar-refractivity contribution in [3.8, 4) is 0 Å². The lowest BCUT2D eigenvalue weighted by atomic mass is 9.89. The van der Waals surface area contributed by atoms with Crippen molar-refractivity contribution >= 4 is 19.7 Å². The summed E-state index contributed by atoms with van der Waals surface area (Å²) < 4.78 is 34.3. The molecule has 0 aromatic carbocycles. The molecule has 0 radical (unpaired) electrons. The molecule has 2 aliphatic carbocycles. The molecule has 0 bridgehead atoms. The molecule has 2 saturated carbocycles. The van der Waals surface area contributed by atoms with Crippen LogP contribution < -0.4 is 0 Å². The van der Waals surface area contributed by atoms with Gasteiger partial charge in [-0.15, -0.1) is 0 Å². The maximum absolute atomic E-state index is 11.4. The minimum absolute atomic E-state index is 0.0436. The van der Waals surface area contributed by atoms with Gasteiger partial charge in [0.15, 0.2) is 0 Å². The first kappa shape index (κ1) is 16.5. The highest BCUT2D eigenvalue weighted by atomic mass is 35.7. The molecule has 20 heavy (non-hydrogen) atoms. The van der Waals surface area contributed by atoms with E-state index in [0.717, 1.165) is 51.4 Å². The largest absolute Gasteiger partial charge is 0.381 e. The van der Waals surface area contributed by atoms with E-state index in [1.807, 2.05) is 0 Å². The van der Waals surface area contributed by atoms with Gasteiger partial charge in [0.25, 0.3) is 0 Å². The molecule has 4 nitrogen and oxygen atoms in total. The van der Waals surface area contributed by atoms with Crippen molar-refractivity contribution in [2.24, 2.45) is 5.41 Å². The lowest BCUT2D eigenvalue weighted by molar-refractivity contribution is -0.0541. The van der Waals surface area contributed by atoms with Gasteiger partial charge in [-0.2, -0.15) is 0 Å². The zero-order valence-electron chi connectivity index (χ0n) is 12.1. The standard InChI is InChI=1S/C14H25ClO4S/c1-18-12-5-4-6-13(9-12)19-10-14(7-2-3-8-14)11-20(15,16)17/h12-13H,2-11H2,1H3. The fourth-order valence-corrected chi connectivity index (χ4v) is 5.38. The molecular weight excluding hydrogens is 300 g/mol. The van der Waals surface area contributed by atoms with Crippen LogP contribution in [0.2, 0.25) is 0 Å². The Morgan fingerprint density at radius 3 is 2.40 bits per heavy atom. The van der Waals surface area contributed by atoms with E-state index in [9.17, 15) is 8.42 Å². The summed E-state index contributed by atoms with van der Waals surface area (Å²) in [5.74, 6) is 0.0436. The molecule has 2 rings (SSSR count). The van der Waals surface area contributed by atoms with Crippen LogP contribution in [-0.2, 0) is 18.5 Å². The monoisotopic (exact) mass is 324 g/mol. The van der Waals surface area contributed by atoms with Crippen molar-refractivity contribution in [2.75, 3.05) is 19.5 Å². The van der Waals surface area contributed by atoms with Crippen molar-refractivity contribution in [1.82, 2.24) is 0 Å². The van der Waals surface area contributed by atoms with Crippen molar-refractivity contribution in [3.63, 3.8) is 0 Å². The van der Waals surface area contributed by atoms with E-state index < -0.39 is 9.05 Å². The molecular formula is C14H25ClO4S. The summed E-state index contributed by atoms with van der Waals surface area (Å²) in [6.07, 6.45) is 8.60. The molecule has 2 fully saturated rings. The Balaban J connectivity index is 1.89. The zero-order chi connectivity index (χ0) is 14.6. The van der Waals surface area contributed by atoms with Gasteiger partial charge < -0.3 is 9.47 Å². The Morgan fingerprint density at radius 1 is 1.15 bits per heavy atom. The number of halogens is 1. The van der Waals surface area contributed by atoms with E-state index in [-0.39, 0.29) is 23.4 Å². The summed E-state index contributed by atoms with van der Waals surface area (Å²) >= 11 is 0. The van der Waals surface area contributed by atoms with E-state index in [0.29, 0.717) is 6.61 Å². The average molecular weight is 325 g/mol. The Labute approximate surface area is 126 Å². The molecule has 2 atom stereocenters. The first-order chi connectivity index (χ1) is 9.42. The van der Waals surface area contributed by atoms with Gasteiger partial charge in [0.05, 0.1) is 24.6 Å². The maximum Gasteiger partial charge on any atom is 0.233 e. The Kier molecular flexibility index (Phi) is 5.74. The minimum atomic E-state index is -3.47. The molecule has 0 amide bonds. The number of rotatable bonds is 6. The fraction of sp³-hybridized carbons (Fsp3) is 1.00. The van der Waals surface area contributed by atoms with Crippen LogP contribution in [0.3, 0.4) is 0 Å². The van der Waals surface area contributed by atoms with Gasteiger partial charge in [-0.3, -0.25) is 0 Å². The molecule has 2 unspecified atom stereocenters. The third kappa shape index (κ3) is 4.86. The van der Waals surface area contributed by atoms with Crippen LogP contribution in [0.25, 0.3) is 0 Å². The quantitative estimate of drug-likeness (QED) is 0.704. The average Bonchev–Trinajstić information content (AvgIpc) is 2.83. The molecule has 6 heteroatoms. The summed E-state index contributed by atoms with van der Waals surface area (Å²) in [5, 5.41) is 0. The van der Waals surface area contributed by atoms with E-state index in [2.05, 4.69) is 0 Å². The van der Waals surface area contributed by atoms with E-state index >= 15 is 0 Å². The van der Waals surface area contributed by atoms with Crippen LogP contribution in [0.15, 0.2) is 0 Å². The highest BCUT2D eigenvalue weighted by Crippen LogP contribution is 2.41. The van der Waals surface area contributed by atoms with Crippen molar-refractivity contribution in [2.45, 2.75) is 63.6 Å². The number of ether oxygens (including phenoxy) is 2. The van der Waals surface area contributed by atoms with Crippen LogP contribution in [0, 0.1) is 5.41 Å². The lowest BCUT2D eigenvalue weighted by Crippen LogP contribution is -2.35. The van der Waals surface area contributed by atoms with Gasteiger partial charge in [0.1, 0.15) is 0 Å². The van der Waals surface area contributed by atoms with Crippen molar-refractivity contribution < 1.29 is 17.9 Å². The topological polar surface area (TPSA) is 52.6 Å². The fourth-order valence-electron chi connectivity index (χ4n) is 3.58. The summed E-state index contributed by atoms with van der Waals surface area (Å²) in [6, 6.07) is 0. The lowest BCUT2D eigenvalue weighted by Gasteiger charge is -2.33. The Hall–Kier alpha value is 0.160. The van der Waals surface area contributed by atoms with Crippen molar-refractivity contribution in [1.29, 1.82) is 0 Å². The van der Waals surface area contributed by atoms with Crippen LogP contribution in [0.5, 0.6) is 0 Å². The van der Waals surface area contributed by atoms with Crippen molar-refractivity contribution in [3.05, 3.63) is 0 Å². The van der Waals surface area contributed by atoms with Gasteiger partial charge in [-0.1, -0.05) is 12.8 Å². The molecule has 2 aliphatic rings. The second-order valence-corrected chi connectivity index (χ2v) is 9.12. The second-order valence-electron chi connectivity index (χ2n) is 6.35. The van der Waals surface area contributed by atoms with E-state index in [4.69, 9.17) is 20.2 Å². The third-order valence-electron chi connectivity index (χ3n) is 4.68. The number of hydrogen-bond donors (Lipinski definition) is 0. The molecule has 0 aromatic heterocycles. The zero-order valence-corrected chi connectivity index (χ0v) is 13.7. The summed E-state index contributed by atoms with van der Waals surface area (Å²) in [7, 11) is 3.74. The molecule has 0 aliphatic heterocycles. The highest BCUT2D eigenvalue weighted by molar-refractivity contribution is 8.13. The minimum Gasteiger partial charge on any atom is -0.381 e. The number of methoxy groups -OCH3 is 1. The highest BCUT2D eigenvalue weighted by Gasteiger charge is 2.39. The second kappa shape index (κ2) is 6.95. The van der Waals surface area contributed by atoms with E-state index in [1.165, 1.54) is 0 Å². The molecule has 118 valence electrons. The van der Waals surface area contributed by atoms with Crippen LogP contribution in [0.1, 0.15) is 51.4 Å². The molecule has 0 saturated heterocycles. The normalized spacial score (nSPS) is 30.5. The SMILES string of the molecule is COC1CCCC(OCC2(CS(=O)(=O)Cl)CCCC2)C1. The number of hydrogen-bond acceptors (Lipinski definition) is 4. The predicted molar refractivity (Wildman–Crippen MR) is 79.5 cm³/mol. The van der Waals surface area contributed by atoms with Crippen LogP contribution in [0.4, 0.5) is 0 Å². The van der Waals surface area contributed by atoms with Crippen LogP contribution in [-0.4, -0.2) is 40.1 Å². The van der Waals surface area contributed by atoms with Crippen LogP contribution >= 0.6 is 10.7 Å². The van der Waals surface area contributed by atoms with Gasteiger partial charge in [0.2, 0.25) is 9.05 Å². The van der Waals surface area contributed by atoms with Gasteiger partial charge >= 0.3 is 0 Å². The van der Waals surface area contributed by atoms with Gasteiger partial charge in [0, 0.05) is 23.2 Å². The molecule has 0 N–H and O–H groups in total. The molecule has 0 aromatic rings. The first-order valence-corrected chi connectivity index (χ1v) is 9.97. The molecule has 0 spiro atoms. The Bertz CT molecular complexity index is 403. The van der Waals surface area contributed by atoms with Gasteiger partial charge in [-0.25, -0.2) is 8.42 Å². The summed E-state index contributed by atoms with van der Waals surface area (Å²) in [5.41, 5.74) is -0.263. The summed E-state index contributed by atoms with van der Waals surface area (Å²) in [6.45, 7) is 0.514. The molecule has 0 heterocycles. The predicted octanol–water partition coefficient (Wildman–Crippen LogP) is 3.09. The van der Waals surface area contributed by atoms with Gasteiger partial charge in [-0.05, 0) is 38.5 Å². The third-order valence-corrected chi connectivity index (χ3v) is 5.96.